The van der Waals surface area contributed by atoms with Crippen molar-refractivity contribution in [1.29, 1.82) is 0 Å². The lowest BCUT2D eigenvalue weighted by molar-refractivity contribution is -0.133. The van der Waals surface area contributed by atoms with Gasteiger partial charge >= 0.3 is 0 Å². The van der Waals surface area contributed by atoms with Gasteiger partial charge in [-0.1, -0.05) is 0 Å². The van der Waals surface area contributed by atoms with Gasteiger partial charge in [-0.25, -0.2) is 12.7 Å². The third-order valence-electron chi connectivity index (χ3n) is 4.04. The van der Waals surface area contributed by atoms with Crippen LogP contribution in [0.5, 0.6) is 0 Å². The van der Waals surface area contributed by atoms with Gasteiger partial charge in [0.1, 0.15) is 0 Å². The van der Waals surface area contributed by atoms with Gasteiger partial charge in [-0.3, -0.25) is 4.79 Å². The molecule has 0 unspecified atom stereocenters. The predicted octanol–water partition coefficient (Wildman–Crippen LogP) is -0.322. The molecule has 0 spiro atoms. The molecule has 1 saturated heterocycles. The zero-order valence-electron chi connectivity index (χ0n) is 12.6. The van der Waals surface area contributed by atoms with Crippen LogP contribution in [0.2, 0.25) is 0 Å². The summed E-state index contributed by atoms with van der Waals surface area (Å²) in [5.74, 6) is 0.497. The summed E-state index contributed by atoms with van der Waals surface area (Å²) in [5.41, 5.74) is 0. The van der Waals surface area contributed by atoms with E-state index in [-0.39, 0.29) is 11.8 Å². The van der Waals surface area contributed by atoms with Crippen LogP contribution in [0.25, 0.3) is 0 Å². The minimum Gasteiger partial charge on any atom is -0.348 e. The monoisotopic (exact) mass is 303 g/mol. The van der Waals surface area contributed by atoms with Gasteiger partial charge in [-0.2, -0.15) is 0 Å². The van der Waals surface area contributed by atoms with Crippen LogP contribution < -0.4 is 0 Å². The quantitative estimate of drug-likeness (QED) is 0.714. The Balaban J connectivity index is 2.10. The third kappa shape index (κ3) is 4.17. The minimum atomic E-state index is -3.24. The lowest BCUT2D eigenvalue weighted by Crippen LogP contribution is -2.42. The molecule has 0 aromatic carbocycles. The average molecular weight is 303 g/mol. The third-order valence-corrected chi connectivity index (χ3v) is 5.31. The summed E-state index contributed by atoms with van der Waals surface area (Å²) in [5, 5.41) is 0. The van der Waals surface area contributed by atoms with Gasteiger partial charge in [0.15, 0.2) is 0 Å². The predicted molar refractivity (Wildman–Crippen MR) is 77.8 cm³/mol. The molecular formula is C13H25N3O3S. The number of carbonyl (C=O) groups is 1. The fourth-order valence-electron chi connectivity index (χ4n) is 2.70. The summed E-state index contributed by atoms with van der Waals surface area (Å²) in [6.07, 6.45) is 3.75. The van der Waals surface area contributed by atoms with Crippen molar-refractivity contribution in [1.82, 2.24) is 14.1 Å². The highest BCUT2D eigenvalue weighted by molar-refractivity contribution is 7.88. The van der Waals surface area contributed by atoms with E-state index in [4.69, 9.17) is 0 Å². The van der Waals surface area contributed by atoms with Gasteiger partial charge < -0.3 is 9.80 Å². The summed E-state index contributed by atoms with van der Waals surface area (Å²) < 4.78 is 25.1. The van der Waals surface area contributed by atoms with Crippen molar-refractivity contribution in [2.45, 2.75) is 12.8 Å². The topological polar surface area (TPSA) is 60.9 Å². The second kappa shape index (κ2) is 5.99. The van der Waals surface area contributed by atoms with Gasteiger partial charge in [0.05, 0.1) is 12.2 Å². The molecule has 0 aromatic rings. The molecule has 6 nitrogen and oxygen atoms in total. The van der Waals surface area contributed by atoms with Gasteiger partial charge in [-0.15, -0.1) is 0 Å². The van der Waals surface area contributed by atoms with Crippen molar-refractivity contribution < 1.29 is 13.2 Å². The van der Waals surface area contributed by atoms with Crippen LogP contribution >= 0.6 is 0 Å². The fraction of sp³-hybridized carbons (Fsp3) is 0.923. The van der Waals surface area contributed by atoms with Crippen LogP contribution in [-0.2, 0) is 14.8 Å². The zero-order chi connectivity index (χ0) is 14.9. The van der Waals surface area contributed by atoms with Crippen LogP contribution in [0.1, 0.15) is 12.8 Å². The first-order valence-corrected chi connectivity index (χ1v) is 9.01. The van der Waals surface area contributed by atoms with Crippen molar-refractivity contribution >= 4 is 15.9 Å². The molecule has 7 heteroatoms. The Morgan fingerprint density at radius 3 is 2.35 bits per heavy atom. The van der Waals surface area contributed by atoms with E-state index in [0.29, 0.717) is 19.6 Å². The van der Waals surface area contributed by atoms with Gasteiger partial charge in [0.25, 0.3) is 0 Å². The van der Waals surface area contributed by atoms with Gasteiger partial charge in [0, 0.05) is 46.8 Å². The number of carbonyl (C=O) groups excluding carboxylic acids is 1. The molecule has 1 aliphatic heterocycles. The number of nitrogens with zero attached hydrogens (tertiary/aromatic N) is 3. The molecule has 1 saturated carbocycles. The van der Waals surface area contributed by atoms with E-state index < -0.39 is 10.0 Å². The normalized spacial score (nSPS) is 26.2. The highest BCUT2D eigenvalue weighted by atomic mass is 32.2. The Morgan fingerprint density at radius 1 is 1.20 bits per heavy atom. The zero-order valence-corrected chi connectivity index (χ0v) is 13.4. The van der Waals surface area contributed by atoms with E-state index in [0.717, 1.165) is 19.0 Å². The Hall–Kier alpha value is -0.660. The first-order valence-electron chi connectivity index (χ1n) is 7.16. The van der Waals surface area contributed by atoms with Crippen molar-refractivity contribution in [3.05, 3.63) is 0 Å². The summed E-state index contributed by atoms with van der Waals surface area (Å²) in [6.45, 7) is 3.18. The van der Waals surface area contributed by atoms with Gasteiger partial charge in [-0.05, 0) is 18.8 Å². The van der Waals surface area contributed by atoms with Gasteiger partial charge in [0.2, 0.25) is 15.9 Å². The minimum absolute atomic E-state index is 0.0151. The largest absolute Gasteiger partial charge is 0.348 e. The second-order valence-electron chi connectivity index (χ2n) is 6.25. The van der Waals surface area contributed by atoms with Crippen molar-refractivity contribution in [2.75, 3.05) is 53.1 Å². The molecule has 0 aromatic heterocycles. The van der Waals surface area contributed by atoms with E-state index in [1.807, 2.05) is 0 Å². The first kappa shape index (κ1) is 15.7. The molecule has 20 heavy (non-hydrogen) atoms. The van der Waals surface area contributed by atoms with E-state index in [9.17, 15) is 13.2 Å². The smallest absolute Gasteiger partial charge is 0.227 e. The molecule has 1 heterocycles. The average Bonchev–Trinajstić information content (AvgIpc) is 3.14. The molecule has 1 atom stereocenters. The molecule has 2 fully saturated rings. The molecule has 2 aliphatic rings. The molecule has 116 valence electrons. The molecular weight excluding hydrogens is 278 g/mol. The number of amides is 1. The van der Waals surface area contributed by atoms with Crippen LogP contribution in [0.4, 0.5) is 0 Å². The highest BCUT2D eigenvalue weighted by Crippen LogP contribution is 2.30. The Labute approximate surface area is 121 Å². The summed E-state index contributed by atoms with van der Waals surface area (Å²) in [6, 6.07) is 0. The molecule has 1 aliphatic carbocycles. The van der Waals surface area contributed by atoms with Crippen molar-refractivity contribution in [2.24, 2.45) is 11.8 Å². The van der Waals surface area contributed by atoms with E-state index in [1.165, 1.54) is 23.4 Å². The SMILES string of the molecule is CN(C)C(=O)[C@H]1CN(CC2CC2)CCN(S(C)(=O)=O)C1. The second-order valence-corrected chi connectivity index (χ2v) is 8.24. The van der Waals surface area contributed by atoms with E-state index >= 15 is 0 Å². The van der Waals surface area contributed by atoms with Crippen molar-refractivity contribution in [3.8, 4) is 0 Å². The summed E-state index contributed by atoms with van der Waals surface area (Å²) in [7, 11) is 0.209. The Morgan fingerprint density at radius 2 is 1.85 bits per heavy atom. The lowest BCUT2D eigenvalue weighted by Gasteiger charge is -2.25. The number of rotatable bonds is 4. The van der Waals surface area contributed by atoms with Crippen molar-refractivity contribution in [3.63, 3.8) is 0 Å². The number of hydrogen-bond donors (Lipinski definition) is 0. The molecule has 0 radical (unpaired) electrons. The maximum absolute atomic E-state index is 12.2. The van der Waals surface area contributed by atoms with Crippen LogP contribution in [-0.4, -0.2) is 81.5 Å². The number of sulfonamides is 1. The maximum Gasteiger partial charge on any atom is 0.227 e. The first-order chi connectivity index (χ1) is 9.27. The van der Waals surface area contributed by atoms with E-state index in [1.54, 1.807) is 19.0 Å². The summed E-state index contributed by atoms with van der Waals surface area (Å²) in [4.78, 5) is 16.1. The van der Waals surface area contributed by atoms with Crippen LogP contribution in [0.3, 0.4) is 0 Å². The molecule has 0 N–H and O–H groups in total. The maximum atomic E-state index is 12.2. The summed E-state index contributed by atoms with van der Waals surface area (Å²) >= 11 is 0. The lowest BCUT2D eigenvalue weighted by atomic mass is 10.1. The van der Waals surface area contributed by atoms with Crippen LogP contribution in [0, 0.1) is 11.8 Å². The van der Waals surface area contributed by atoms with Crippen LogP contribution in [0.15, 0.2) is 0 Å². The molecule has 0 bridgehead atoms. The fourth-order valence-corrected chi connectivity index (χ4v) is 3.57. The molecule has 2 rings (SSSR count). The highest BCUT2D eigenvalue weighted by Gasteiger charge is 2.34. The molecule has 1 amide bonds. The Bertz CT molecular complexity index is 459. The standard InChI is InChI=1S/C13H25N3O3S/c1-14(2)13(17)12-9-15(8-11-4-5-11)6-7-16(10-12)20(3,18)19/h11-12H,4-10H2,1-3H3/t12-/m0/s1. The van der Waals surface area contributed by atoms with E-state index in [2.05, 4.69) is 4.90 Å². The number of hydrogen-bond acceptors (Lipinski definition) is 4. The Kier molecular flexibility index (Phi) is 4.71.